The number of likely N-dealkylation sites (N-methyl/N-ethyl adjacent to an activating group) is 1. The Hall–Kier alpha value is -2.84. The van der Waals surface area contributed by atoms with Crippen molar-refractivity contribution in [1.82, 2.24) is 4.90 Å². The minimum absolute atomic E-state index is 0.319. The molecule has 0 unspecified atom stereocenters. The molecule has 0 saturated heterocycles. The number of methoxy groups -OCH3 is 1. The molecule has 0 N–H and O–H groups in total. The van der Waals surface area contributed by atoms with E-state index in [0.29, 0.717) is 6.04 Å². The number of rotatable bonds is 7. The molecule has 3 rings (SSSR count). The van der Waals surface area contributed by atoms with Crippen molar-refractivity contribution in [2.45, 2.75) is 13.0 Å². The number of hydrogen-bond acceptors (Lipinski definition) is 2. The maximum atomic E-state index is 5.26. The number of hydrogen-bond donors (Lipinski definition) is 0. The second kappa shape index (κ2) is 9.20. The van der Waals surface area contributed by atoms with Crippen LogP contribution in [-0.2, 0) is 0 Å². The average Bonchev–Trinajstić information content (AvgIpc) is 2.75. The van der Waals surface area contributed by atoms with Gasteiger partial charge in [0.25, 0.3) is 0 Å². The summed E-state index contributed by atoms with van der Waals surface area (Å²) in [6.07, 6.45) is 2.32. The van der Waals surface area contributed by atoms with Crippen LogP contribution in [0.1, 0.15) is 29.7 Å². The van der Waals surface area contributed by atoms with Crippen molar-refractivity contribution >= 4 is 5.57 Å². The van der Waals surface area contributed by atoms with Gasteiger partial charge in [-0.05, 0) is 48.4 Å². The summed E-state index contributed by atoms with van der Waals surface area (Å²) in [4.78, 5) is 2.35. The van der Waals surface area contributed by atoms with Crippen molar-refractivity contribution in [2.75, 3.05) is 20.7 Å². The van der Waals surface area contributed by atoms with Gasteiger partial charge in [-0.3, -0.25) is 4.90 Å². The lowest BCUT2D eigenvalue weighted by Gasteiger charge is -2.24. The maximum absolute atomic E-state index is 5.26. The van der Waals surface area contributed by atoms with Gasteiger partial charge >= 0.3 is 0 Å². The number of ether oxygens (including phenoxy) is 1. The molecule has 0 spiro atoms. The average molecular weight is 357 g/mol. The molecule has 3 aromatic rings. The molecule has 0 bridgehead atoms. The fourth-order valence-electron chi connectivity index (χ4n) is 3.17. The monoisotopic (exact) mass is 357 g/mol. The summed E-state index contributed by atoms with van der Waals surface area (Å²) in [5, 5.41) is 0. The van der Waals surface area contributed by atoms with Crippen LogP contribution in [0.3, 0.4) is 0 Å². The van der Waals surface area contributed by atoms with Crippen LogP contribution in [0.15, 0.2) is 91.0 Å². The van der Waals surface area contributed by atoms with Gasteiger partial charge < -0.3 is 4.74 Å². The van der Waals surface area contributed by atoms with Crippen LogP contribution in [-0.4, -0.2) is 25.6 Å². The second-order valence-corrected chi connectivity index (χ2v) is 6.74. The molecule has 0 fully saturated rings. The first-order chi connectivity index (χ1) is 13.2. The van der Waals surface area contributed by atoms with Crippen LogP contribution in [0, 0.1) is 0 Å². The molecular weight excluding hydrogens is 330 g/mol. The molecule has 0 radical (unpaired) electrons. The quantitative estimate of drug-likeness (QED) is 0.528. The van der Waals surface area contributed by atoms with Crippen molar-refractivity contribution in [3.05, 3.63) is 108 Å². The van der Waals surface area contributed by atoms with Gasteiger partial charge in [-0.15, -0.1) is 0 Å². The lowest BCUT2D eigenvalue weighted by atomic mass is 9.97. The van der Waals surface area contributed by atoms with Crippen molar-refractivity contribution < 1.29 is 4.74 Å². The first kappa shape index (κ1) is 18.9. The van der Waals surface area contributed by atoms with E-state index in [2.05, 4.69) is 97.7 Å². The zero-order valence-electron chi connectivity index (χ0n) is 16.3. The number of nitrogens with zero attached hydrogens (tertiary/aromatic N) is 1. The molecule has 1 atom stereocenters. The van der Waals surface area contributed by atoms with Crippen molar-refractivity contribution in [1.29, 1.82) is 0 Å². The van der Waals surface area contributed by atoms with E-state index in [1.54, 1.807) is 7.11 Å². The Kier molecular flexibility index (Phi) is 6.45. The van der Waals surface area contributed by atoms with E-state index in [9.17, 15) is 0 Å². The van der Waals surface area contributed by atoms with E-state index < -0.39 is 0 Å². The third-order valence-corrected chi connectivity index (χ3v) is 5.01. The highest BCUT2D eigenvalue weighted by molar-refractivity contribution is 5.79. The summed E-state index contributed by atoms with van der Waals surface area (Å²) < 4.78 is 5.26. The van der Waals surface area contributed by atoms with Crippen molar-refractivity contribution in [3.63, 3.8) is 0 Å². The molecule has 0 aromatic heterocycles. The third kappa shape index (κ3) is 4.87. The van der Waals surface area contributed by atoms with E-state index in [1.807, 2.05) is 12.1 Å². The lowest BCUT2D eigenvalue weighted by molar-refractivity contribution is 0.289. The minimum atomic E-state index is 0.319. The molecular formula is C25H27NO. The van der Waals surface area contributed by atoms with Crippen LogP contribution in [0.4, 0.5) is 0 Å². The van der Waals surface area contributed by atoms with Crippen LogP contribution in [0.2, 0.25) is 0 Å². The number of benzene rings is 3. The second-order valence-electron chi connectivity index (χ2n) is 6.74. The molecule has 0 heterocycles. The largest absolute Gasteiger partial charge is 0.497 e. The summed E-state index contributed by atoms with van der Waals surface area (Å²) in [5.41, 5.74) is 5.04. The normalized spacial score (nSPS) is 11.9. The predicted octanol–water partition coefficient (Wildman–Crippen LogP) is 5.82. The Balaban J connectivity index is 1.81. The van der Waals surface area contributed by atoms with Gasteiger partial charge in [0.1, 0.15) is 5.75 Å². The Morgan fingerprint density at radius 3 is 1.85 bits per heavy atom. The van der Waals surface area contributed by atoms with Gasteiger partial charge in [0.15, 0.2) is 0 Å². The molecule has 3 aromatic carbocycles. The third-order valence-electron chi connectivity index (χ3n) is 5.01. The van der Waals surface area contributed by atoms with Crippen LogP contribution >= 0.6 is 0 Å². The van der Waals surface area contributed by atoms with Gasteiger partial charge in [-0.2, -0.15) is 0 Å². The SMILES string of the molecule is COc1ccc([C@@H](C)N(C)CC=C(c2ccccc2)c2ccccc2)cc1. The zero-order chi connectivity index (χ0) is 19.1. The summed E-state index contributed by atoms with van der Waals surface area (Å²) in [6, 6.07) is 29.8. The maximum Gasteiger partial charge on any atom is 0.118 e. The first-order valence-corrected chi connectivity index (χ1v) is 9.34. The van der Waals surface area contributed by atoms with Gasteiger partial charge in [0.2, 0.25) is 0 Å². The van der Waals surface area contributed by atoms with Gasteiger partial charge in [-0.25, -0.2) is 0 Å². The van der Waals surface area contributed by atoms with E-state index in [0.717, 1.165) is 12.3 Å². The molecule has 0 aliphatic carbocycles. The van der Waals surface area contributed by atoms with Crippen LogP contribution < -0.4 is 4.74 Å². The summed E-state index contributed by atoms with van der Waals surface area (Å²) >= 11 is 0. The predicted molar refractivity (Wildman–Crippen MR) is 114 cm³/mol. The highest BCUT2D eigenvalue weighted by Gasteiger charge is 2.12. The Labute approximate surface area is 162 Å². The van der Waals surface area contributed by atoms with Crippen LogP contribution in [0.5, 0.6) is 5.75 Å². The summed E-state index contributed by atoms with van der Waals surface area (Å²) in [6.45, 7) is 3.10. The first-order valence-electron chi connectivity index (χ1n) is 9.34. The highest BCUT2D eigenvalue weighted by atomic mass is 16.5. The molecule has 2 nitrogen and oxygen atoms in total. The summed E-state index contributed by atoms with van der Waals surface area (Å²) in [7, 11) is 3.86. The van der Waals surface area contributed by atoms with Crippen LogP contribution in [0.25, 0.3) is 5.57 Å². The Morgan fingerprint density at radius 2 is 1.37 bits per heavy atom. The molecule has 2 heteroatoms. The Morgan fingerprint density at radius 1 is 0.852 bits per heavy atom. The van der Waals surface area contributed by atoms with Gasteiger partial charge in [-0.1, -0.05) is 78.9 Å². The molecule has 0 aliphatic heterocycles. The van der Waals surface area contributed by atoms with Crippen molar-refractivity contribution in [3.8, 4) is 5.75 Å². The van der Waals surface area contributed by atoms with E-state index in [1.165, 1.54) is 22.3 Å². The van der Waals surface area contributed by atoms with E-state index in [4.69, 9.17) is 4.74 Å². The van der Waals surface area contributed by atoms with E-state index >= 15 is 0 Å². The lowest BCUT2D eigenvalue weighted by Crippen LogP contribution is -2.22. The van der Waals surface area contributed by atoms with Gasteiger partial charge in [0.05, 0.1) is 7.11 Å². The fourth-order valence-corrected chi connectivity index (χ4v) is 3.17. The Bertz CT molecular complexity index is 812. The topological polar surface area (TPSA) is 12.5 Å². The van der Waals surface area contributed by atoms with Crippen molar-refractivity contribution in [2.24, 2.45) is 0 Å². The standard InChI is InChI=1S/C25H27NO/c1-20(21-14-16-24(27-3)17-15-21)26(2)19-18-25(22-10-6-4-7-11-22)23-12-8-5-9-13-23/h4-18,20H,19H2,1-3H3/t20-/m1/s1. The van der Waals surface area contributed by atoms with Gasteiger partial charge in [0, 0.05) is 12.6 Å². The smallest absolute Gasteiger partial charge is 0.118 e. The summed E-state index contributed by atoms with van der Waals surface area (Å²) in [5.74, 6) is 0.893. The molecule has 27 heavy (non-hydrogen) atoms. The molecule has 0 amide bonds. The van der Waals surface area contributed by atoms with E-state index in [-0.39, 0.29) is 0 Å². The molecule has 0 saturated carbocycles. The highest BCUT2D eigenvalue weighted by Crippen LogP contribution is 2.25. The minimum Gasteiger partial charge on any atom is -0.497 e. The molecule has 0 aliphatic rings. The molecule has 138 valence electrons. The zero-order valence-corrected chi connectivity index (χ0v) is 16.3. The fraction of sp³-hybridized carbons (Fsp3) is 0.200.